The highest BCUT2D eigenvalue weighted by Gasteiger charge is 2.28. The average molecular weight is 445 g/mol. The molecule has 0 saturated carbocycles. The van der Waals surface area contributed by atoms with Crippen molar-refractivity contribution in [1.29, 1.82) is 0 Å². The molecule has 1 aliphatic rings. The summed E-state index contributed by atoms with van der Waals surface area (Å²) in [6.45, 7) is 10.9. The maximum Gasteiger partial charge on any atom is 0.237 e. The number of rotatable bonds is 5. The molecule has 0 spiro atoms. The van der Waals surface area contributed by atoms with Crippen LogP contribution in [-0.4, -0.2) is 47.8 Å². The second kappa shape index (κ2) is 11.0. The Morgan fingerprint density at radius 2 is 1.97 bits per heavy atom. The van der Waals surface area contributed by atoms with Gasteiger partial charge in [0.1, 0.15) is 6.29 Å². The average Bonchev–Trinajstić information content (AvgIpc) is 3.35. The normalized spacial score (nSPS) is 18.6. The standard InChI is InChI=1S/C18H23N3OS.C6H13NO/c1-12(20-18(22)16-5-4-10-21(16)3)14-6-8-15(9-7-14)17-13(2)19-11-23-17;1-6(2,3)5(7)4-8/h6-9,11-12,16H,4-5,10H2,1-3H3,(H,20,22);4-5H,7H2,1-3H3. The Morgan fingerprint density at radius 3 is 2.39 bits per heavy atom. The molecule has 1 aliphatic heterocycles. The Hall–Kier alpha value is -2.09. The maximum absolute atomic E-state index is 12.4. The van der Waals surface area contributed by atoms with Crippen LogP contribution in [0.25, 0.3) is 10.4 Å². The molecular weight excluding hydrogens is 408 g/mol. The molecule has 31 heavy (non-hydrogen) atoms. The molecule has 2 aromatic rings. The minimum atomic E-state index is -0.331. The minimum absolute atomic E-state index is 0.0214. The Labute approximate surface area is 190 Å². The second-order valence-corrected chi connectivity index (χ2v) is 10.1. The fourth-order valence-electron chi connectivity index (χ4n) is 3.34. The Morgan fingerprint density at radius 1 is 1.32 bits per heavy atom. The van der Waals surface area contributed by atoms with Crippen LogP contribution in [0.1, 0.15) is 57.8 Å². The number of likely N-dealkylation sites (tertiary alicyclic amines) is 1. The van der Waals surface area contributed by atoms with Crippen LogP contribution in [0, 0.1) is 12.3 Å². The predicted molar refractivity (Wildman–Crippen MR) is 128 cm³/mol. The van der Waals surface area contributed by atoms with Crippen LogP contribution in [0.3, 0.4) is 0 Å². The first-order valence-electron chi connectivity index (χ1n) is 10.8. The number of thiazole rings is 1. The van der Waals surface area contributed by atoms with E-state index in [1.54, 1.807) is 11.3 Å². The summed E-state index contributed by atoms with van der Waals surface area (Å²) in [5, 5.41) is 3.14. The van der Waals surface area contributed by atoms with E-state index in [-0.39, 0.29) is 29.4 Å². The Kier molecular flexibility index (Phi) is 8.91. The van der Waals surface area contributed by atoms with Crippen molar-refractivity contribution in [2.24, 2.45) is 11.1 Å². The molecule has 0 bridgehead atoms. The number of nitrogens with two attached hydrogens (primary N) is 1. The van der Waals surface area contributed by atoms with Crippen molar-refractivity contribution >= 4 is 23.5 Å². The maximum atomic E-state index is 12.4. The van der Waals surface area contributed by atoms with E-state index in [0.29, 0.717) is 0 Å². The number of hydrogen-bond donors (Lipinski definition) is 2. The minimum Gasteiger partial charge on any atom is -0.348 e. The molecule has 1 aromatic heterocycles. The van der Waals surface area contributed by atoms with E-state index in [1.807, 2.05) is 47.2 Å². The van der Waals surface area contributed by atoms with E-state index in [0.717, 1.165) is 36.9 Å². The van der Waals surface area contributed by atoms with Gasteiger partial charge in [-0.25, -0.2) is 4.98 Å². The molecule has 3 unspecified atom stereocenters. The summed E-state index contributed by atoms with van der Waals surface area (Å²) in [4.78, 5) is 30.0. The van der Waals surface area contributed by atoms with Crippen molar-refractivity contribution in [2.45, 2.75) is 65.6 Å². The topological polar surface area (TPSA) is 88.3 Å². The molecule has 1 saturated heterocycles. The summed E-state index contributed by atoms with van der Waals surface area (Å²) in [5.41, 5.74) is 10.6. The molecule has 3 atom stereocenters. The van der Waals surface area contributed by atoms with Gasteiger partial charge in [0, 0.05) is 0 Å². The number of carbonyl (C=O) groups excluding carboxylic acids is 2. The monoisotopic (exact) mass is 444 g/mol. The van der Waals surface area contributed by atoms with E-state index in [1.165, 1.54) is 10.4 Å². The number of nitrogens with zero attached hydrogens (tertiary/aromatic N) is 2. The third-order valence-corrected chi connectivity index (χ3v) is 6.72. The van der Waals surface area contributed by atoms with E-state index in [9.17, 15) is 9.59 Å². The number of carbonyl (C=O) groups is 2. The molecule has 1 aromatic carbocycles. The number of hydrogen-bond acceptors (Lipinski definition) is 6. The fourth-order valence-corrected chi connectivity index (χ4v) is 4.15. The van der Waals surface area contributed by atoms with E-state index in [2.05, 4.69) is 39.5 Å². The van der Waals surface area contributed by atoms with Gasteiger partial charge in [-0.3, -0.25) is 9.69 Å². The van der Waals surface area contributed by atoms with Crippen LogP contribution < -0.4 is 11.1 Å². The highest BCUT2D eigenvalue weighted by atomic mass is 32.1. The summed E-state index contributed by atoms with van der Waals surface area (Å²) < 4.78 is 0. The van der Waals surface area contributed by atoms with Crippen LogP contribution in [0.5, 0.6) is 0 Å². The number of amides is 1. The zero-order valence-electron chi connectivity index (χ0n) is 19.5. The van der Waals surface area contributed by atoms with Gasteiger partial charge in [0.05, 0.1) is 34.2 Å². The zero-order valence-corrected chi connectivity index (χ0v) is 20.3. The van der Waals surface area contributed by atoms with E-state index >= 15 is 0 Å². The molecule has 0 radical (unpaired) electrons. The lowest BCUT2D eigenvalue weighted by Gasteiger charge is -2.22. The molecule has 1 fully saturated rings. The lowest BCUT2D eigenvalue weighted by Crippen LogP contribution is -2.42. The van der Waals surface area contributed by atoms with Crippen molar-refractivity contribution in [3.05, 3.63) is 41.0 Å². The molecule has 0 aliphatic carbocycles. The molecule has 3 N–H and O–H groups in total. The summed E-state index contributed by atoms with van der Waals surface area (Å²) in [6.07, 6.45) is 2.84. The van der Waals surface area contributed by atoms with Gasteiger partial charge < -0.3 is 15.8 Å². The molecule has 1 amide bonds. The van der Waals surface area contributed by atoms with Gasteiger partial charge in [0.15, 0.2) is 0 Å². The first-order valence-corrected chi connectivity index (χ1v) is 11.6. The van der Waals surface area contributed by atoms with E-state index < -0.39 is 0 Å². The van der Waals surface area contributed by atoms with Crippen LogP contribution in [0.4, 0.5) is 0 Å². The fraction of sp³-hybridized carbons (Fsp3) is 0.542. The lowest BCUT2D eigenvalue weighted by molar-refractivity contribution is -0.125. The first-order chi connectivity index (χ1) is 14.5. The number of aryl methyl sites for hydroxylation is 1. The van der Waals surface area contributed by atoms with Crippen molar-refractivity contribution in [3.63, 3.8) is 0 Å². The van der Waals surface area contributed by atoms with Gasteiger partial charge >= 0.3 is 0 Å². The summed E-state index contributed by atoms with van der Waals surface area (Å²) in [7, 11) is 2.02. The summed E-state index contributed by atoms with van der Waals surface area (Å²) in [6, 6.07) is 8.13. The van der Waals surface area contributed by atoms with Crippen LogP contribution >= 0.6 is 11.3 Å². The molecular formula is C24H36N4O2S. The van der Waals surface area contributed by atoms with Crippen molar-refractivity contribution < 1.29 is 9.59 Å². The van der Waals surface area contributed by atoms with Gasteiger partial charge in [0.2, 0.25) is 5.91 Å². The molecule has 2 heterocycles. The number of likely N-dealkylation sites (N-methyl/N-ethyl adjacent to an activating group) is 1. The smallest absolute Gasteiger partial charge is 0.237 e. The highest BCUT2D eigenvalue weighted by molar-refractivity contribution is 7.13. The van der Waals surface area contributed by atoms with Gasteiger partial charge in [-0.15, -0.1) is 11.3 Å². The summed E-state index contributed by atoms with van der Waals surface area (Å²) in [5.74, 6) is 0.139. The Balaban J connectivity index is 0.000000366. The van der Waals surface area contributed by atoms with Gasteiger partial charge in [-0.1, -0.05) is 45.0 Å². The van der Waals surface area contributed by atoms with Crippen LogP contribution in [0.2, 0.25) is 0 Å². The number of aldehydes is 1. The highest BCUT2D eigenvalue weighted by Crippen LogP contribution is 2.28. The largest absolute Gasteiger partial charge is 0.348 e. The predicted octanol–water partition coefficient (Wildman–Crippen LogP) is 3.95. The number of nitrogens with one attached hydrogen (secondary N) is 1. The number of aromatic nitrogens is 1. The lowest BCUT2D eigenvalue weighted by atomic mass is 9.89. The molecule has 7 heteroatoms. The van der Waals surface area contributed by atoms with Crippen molar-refractivity contribution in [1.82, 2.24) is 15.2 Å². The second-order valence-electron chi connectivity index (χ2n) is 9.29. The third kappa shape index (κ3) is 6.95. The van der Waals surface area contributed by atoms with E-state index in [4.69, 9.17) is 5.73 Å². The molecule has 6 nitrogen and oxygen atoms in total. The van der Waals surface area contributed by atoms with Crippen LogP contribution in [-0.2, 0) is 9.59 Å². The Bertz CT molecular complexity index is 857. The van der Waals surface area contributed by atoms with Gasteiger partial charge in [-0.05, 0) is 56.8 Å². The van der Waals surface area contributed by atoms with Crippen molar-refractivity contribution in [3.8, 4) is 10.4 Å². The third-order valence-electron chi connectivity index (χ3n) is 5.75. The van der Waals surface area contributed by atoms with Crippen LogP contribution in [0.15, 0.2) is 29.8 Å². The van der Waals surface area contributed by atoms with Crippen molar-refractivity contribution in [2.75, 3.05) is 13.6 Å². The van der Waals surface area contributed by atoms with Gasteiger partial charge in [0.25, 0.3) is 0 Å². The quantitative estimate of drug-likeness (QED) is 0.682. The van der Waals surface area contributed by atoms with Gasteiger partial charge in [-0.2, -0.15) is 0 Å². The molecule has 170 valence electrons. The number of benzene rings is 1. The first kappa shape index (κ1) is 25.2. The SMILES string of the molecule is CC(C)(C)C(N)C=O.Cc1ncsc1-c1ccc(C(C)NC(=O)C2CCCN2C)cc1. The zero-order chi connectivity index (χ0) is 23.2. The summed E-state index contributed by atoms with van der Waals surface area (Å²) >= 11 is 1.66. The molecule has 3 rings (SSSR count).